The molecule has 0 bridgehead atoms. The van der Waals surface area contributed by atoms with Gasteiger partial charge in [0.1, 0.15) is 19.3 Å². The molecule has 0 aliphatic carbocycles. The van der Waals surface area contributed by atoms with Crippen LogP contribution in [-0.4, -0.2) is 19.2 Å². The number of hydrogen-bond donors (Lipinski definition) is 1. The van der Waals surface area contributed by atoms with Crippen LogP contribution in [0.5, 0.6) is 0 Å². The maximum Gasteiger partial charge on any atom is 0.259 e. The van der Waals surface area contributed by atoms with E-state index < -0.39 is 0 Å². The van der Waals surface area contributed by atoms with Crippen molar-refractivity contribution >= 4 is 5.91 Å². The van der Waals surface area contributed by atoms with Crippen LogP contribution >= 0.6 is 0 Å². The van der Waals surface area contributed by atoms with E-state index >= 15 is 0 Å². The Morgan fingerprint density at radius 3 is 2.76 bits per heavy atom. The summed E-state index contributed by atoms with van der Waals surface area (Å²) in [6.07, 6.45) is 3.66. The van der Waals surface area contributed by atoms with E-state index in [2.05, 4.69) is 26.1 Å². The van der Waals surface area contributed by atoms with Crippen molar-refractivity contribution in [1.82, 2.24) is 5.32 Å². The fourth-order valence-corrected chi connectivity index (χ4v) is 1.30. The number of ether oxygens (including phenoxy) is 1. The van der Waals surface area contributed by atoms with Crippen LogP contribution in [0.25, 0.3) is 0 Å². The Morgan fingerprint density at radius 2 is 2.18 bits per heavy atom. The van der Waals surface area contributed by atoms with Gasteiger partial charge in [-0.2, -0.15) is 0 Å². The zero-order valence-corrected chi connectivity index (χ0v) is 11.0. The lowest BCUT2D eigenvalue weighted by atomic mass is 9.99. The Kier molecular flexibility index (Phi) is 4.63. The lowest BCUT2D eigenvalue weighted by molar-refractivity contribution is -0.671. The third-order valence-corrected chi connectivity index (χ3v) is 2.07. The molecule has 1 heterocycles. The van der Waals surface area contributed by atoms with E-state index in [0.717, 1.165) is 0 Å². The van der Waals surface area contributed by atoms with Gasteiger partial charge in [-0.15, -0.1) is 0 Å². The van der Waals surface area contributed by atoms with Crippen molar-refractivity contribution in [3.8, 4) is 0 Å². The van der Waals surface area contributed by atoms with Crippen molar-refractivity contribution in [2.24, 2.45) is 12.5 Å². The van der Waals surface area contributed by atoms with Crippen LogP contribution in [0.2, 0.25) is 0 Å². The average molecular weight is 237 g/mol. The van der Waals surface area contributed by atoms with E-state index in [1.54, 1.807) is 12.3 Å². The molecule has 1 N–H and O–H groups in total. The lowest BCUT2D eigenvalue weighted by Crippen LogP contribution is -2.32. The van der Waals surface area contributed by atoms with Crippen LogP contribution in [-0.2, 0) is 11.8 Å². The van der Waals surface area contributed by atoms with Gasteiger partial charge in [-0.05, 0) is 11.5 Å². The van der Waals surface area contributed by atoms with Crippen LogP contribution < -0.4 is 9.88 Å². The van der Waals surface area contributed by atoms with Gasteiger partial charge < -0.3 is 10.1 Å². The second-order valence-electron chi connectivity index (χ2n) is 5.32. The van der Waals surface area contributed by atoms with Crippen molar-refractivity contribution in [3.05, 3.63) is 30.1 Å². The fourth-order valence-electron chi connectivity index (χ4n) is 1.30. The van der Waals surface area contributed by atoms with Crippen molar-refractivity contribution < 1.29 is 14.1 Å². The zero-order chi connectivity index (χ0) is 12.9. The largest absolute Gasteiger partial charge is 0.361 e. The predicted molar refractivity (Wildman–Crippen MR) is 65.4 cm³/mol. The lowest BCUT2D eigenvalue weighted by Gasteiger charge is -2.17. The van der Waals surface area contributed by atoms with Gasteiger partial charge >= 0.3 is 0 Å². The second kappa shape index (κ2) is 5.77. The number of nitrogens with one attached hydrogen (secondary N) is 1. The average Bonchev–Trinajstić information content (AvgIpc) is 2.23. The number of carbonyl (C=O) groups is 1. The summed E-state index contributed by atoms with van der Waals surface area (Å²) in [6, 6.07) is 3.62. The van der Waals surface area contributed by atoms with Crippen molar-refractivity contribution in [2.75, 3.05) is 13.3 Å². The number of aromatic nitrogens is 1. The molecule has 1 amide bonds. The minimum absolute atomic E-state index is 0.115. The highest BCUT2D eigenvalue weighted by Crippen LogP contribution is 2.12. The molecule has 0 unspecified atom stereocenters. The molecule has 94 valence electrons. The molecular weight excluding hydrogens is 216 g/mol. The Morgan fingerprint density at radius 1 is 1.47 bits per heavy atom. The quantitative estimate of drug-likeness (QED) is 0.486. The van der Waals surface area contributed by atoms with Crippen LogP contribution in [0.4, 0.5) is 0 Å². The summed E-state index contributed by atoms with van der Waals surface area (Å²) < 4.78 is 7.22. The molecule has 4 nitrogen and oxygen atoms in total. The highest BCUT2D eigenvalue weighted by molar-refractivity contribution is 5.93. The van der Waals surface area contributed by atoms with E-state index in [-0.39, 0.29) is 18.1 Å². The zero-order valence-electron chi connectivity index (χ0n) is 11.0. The molecule has 0 aromatic carbocycles. The third kappa shape index (κ3) is 5.45. The van der Waals surface area contributed by atoms with Crippen molar-refractivity contribution in [3.63, 3.8) is 0 Å². The monoisotopic (exact) mass is 237 g/mol. The number of nitrogens with zero attached hydrogens (tertiary/aromatic N) is 1. The molecule has 0 spiro atoms. The molecule has 1 aromatic rings. The highest BCUT2D eigenvalue weighted by Gasteiger charge is 2.11. The van der Waals surface area contributed by atoms with Gasteiger partial charge in [0.15, 0.2) is 12.4 Å². The van der Waals surface area contributed by atoms with E-state index in [0.29, 0.717) is 12.2 Å². The first-order valence-corrected chi connectivity index (χ1v) is 5.70. The van der Waals surface area contributed by atoms with Crippen molar-refractivity contribution in [1.29, 1.82) is 0 Å². The molecule has 1 aromatic heterocycles. The van der Waals surface area contributed by atoms with E-state index in [9.17, 15) is 4.79 Å². The van der Waals surface area contributed by atoms with Gasteiger partial charge in [0.25, 0.3) is 5.91 Å². The Labute approximate surface area is 103 Å². The Bertz CT molecular complexity index is 383. The smallest absolute Gasteiger partial charge is 0.259 e. The van der Waals surface area contributed by atoms with Crippen LogP contribution in [0.3, 0.4) is 0 Å². The number of hydrogen-bond acceptors (Lipinski definition) is 2. The summed E-state index contributed by atoms with van der Waals surface area (Å²) in [6.45, 7) is 7.13. The van der Waals surface area contributed by atoms with E-state index in [1.165, 1.54) is 0 Å². The summed E-state index contributed by atoms with van der Waals surface area (Å²) in [7, 11) is 1.88. The molecule has 0 atom stereocenters. The number of rotatable bonds is 4. The SMILES string of the molecule is C[n+]1cccc(C(=O)NCOCC(C)(C)C)c1. The number of pyridine rings is 1. The van der Waals surface area contributed by atoms with Crippen molar-refractivity contribution in [2.45, 2.75) is 20.8 Å². The molecule has 0 aliphatic heterocycles. The topological polar surface area (TPSA) is 42.2 Å². The Hall–Kier alpha value is -1.42. The second-order valence-corrected chi connectivity index (χ2v) is 5.32. The third-order valence-electron chi connectivity index (χ3n) is 2.07. The van der Waals surface area contributed by atoms with Crippen LogP contribution in [0.15, 0.2) is 24.5 Å². The fraction of sp³-hybridized carbons (Fsp3) is 0.538. The molecule has 0 radical (unpaired) electrons. The van der Waals surface area contributed by atoms with Gasteiger partial charge in [0.05, 0.1) is 6.61 Å². The maximum absolute atomic E-state index is 11.7. The van der Waals surface area contributed by atoms with Gasteiger partial charge in [0.2, 0.25) is 0 Å². The van der Waals surface area contributed by atoms with Crippen LogP contribution in [0.1, 0.15) is 31.1 Å². The van der Waals surface area contributed by atoms with Gasteiger partial charge in [-0.1, -0.05) is 20.8 Å². The molecular formula is C13H21N2O2+. The standard InChI is InChI=1S/C13H20N2O2/c1-13(2,3)9-17-10-14-12(16)11-6-5-7-15(4)8-11/h5-8H,9-10H2,1-4H3/p+1. The minimum atomic E-state index is -0.116. The number of amides is 1. The summed E-state index contributed by atoms with van der Waals surface area (Å²) in [5.41, 5.74) is 0.749. The predicted octanol–water partition coefficient (Wildman–Crippen LogP) is 1.26. The van der Waals surface area contributed by atoms with E-state index in [4.69, 9.17) is 4.74 Å². The minimum Gasteiger partial charge on any atom is -0.361 e. The van der Waals surface area contributed by atoms with E-state index in [1.807, 2.05) is 23.9 Å². The first kappa shape index (κ1) is 13.6. The molecule has 0 saturated heterocycles. The molecule has 0 aliphatic rings. The maximum atomic E-state index is 11.7. The highest BCUT2D eigenvalue weighted by atomic mass is 16.5. The summed E-state index contributed by atoms with van der Waals surface area (Å²) in [4.78, 5) is 11.7. The molecule has 0 fully saturated rings. The summed E-state index contributed by atoms with van der Waals surface area (Å²) >= 11 is 0. The number of aryl methyl sites for hydroxylation is 1. The summed E-state index contributed by atoms with van der Waals surface area (Å²) in [5, 5.41) is 2.72. The van der Waals surface area contributed by atoms with Gasteiger partial charge in [0, 0.05) is 6.07 Å². The summed E-state index contributed by atoms with van der Waals surface area (Å²) in [5.74, 6) is -0.116. The van der Waals surface area contributed by atoms with Gasteiger partial charge in [-0.25, -0.2) is 4.57 Å². The van der Waals surface area contributed by atoms with Crippen LogP contribution in [0, 0.1) is 5.41 Å². The molecule has 17 heavy (non-hydrogen) atoms. The normalized spacial score (nSPS) is 11.3. The Balaban J connectivity index is 2.36. The number of carbonyl (C=O) groups excluding carboxylic acids is 1. The molecule has 1 rings (SSSR count). The first-order chi connectivity index (χ1) is 7.88. The first-order valence-electron chi connectivity index (χ1n) is 5.70. The van der Waals surface area contributed by atoms with Gasteiger partial charge in [-0.3, -0.25) is 4.79 Å². The molecule has 0 saturated carbocycles. The molecule has 4 heteroatoms.